The van der Waals surface area contributed by atoms with Crippen molar-refractivity contribution in [1.29, 1.82) is 0 Å². The summed E-state index contributed by atoms with van der Waals surface area (Å²) in [4.78, 5) is 10.8. The third kappa shape index (κ3) is 2.57. The number of benzene rings is 1. The molecule has 1 aromatic carbocycles. The Bertz CT molecular complexity index is 299. The molecule has 0 bridgehead atoms. The topological polar surface area (TPSA) is 38.3 Å². The average molecular weight is 193 g/mol. The molecule has 0 radical (unpaired) electrons. The summed E-state index contributed by atoms with van der Waals surface area (Å²) in [5.74, 6) is 0.681. The normalized spacial score (nSPS) is 12.1. The SMILES string of the molecule is CNCC(C=O)c1cccc(OC)c1. The quantitative estimate of drug-likeness (QED) is 0.714. The first-order chi connectivity index (χ1) is 6.81. The van der Waals surface area contributed by atoms with E-state index in [0.717, 1.165) is 17.6 Å². The standard InChI is InChI=1S/C11H15NO2/c1-12-7-10(8-13)9-4-3-5-11(6-9)14-2/h3-6,8,10,12H,7H2,1-2H3. The predicted octanol–water partition coefficient (Wildman–Crippen LogP) is 1.20. The molecule has 1 atom stereocenters. The Kier molecular flexibility index (Phi) is 4.13. The Labute approximate surface area is 84.1 Å². The van der Waals surface area contributed by atoms with Crippen LogP contribution in [0.15, 0.2) is 24.3 Å². The predicted molar refractivity (Wildman–Crippen MR) is 55.7 cm³/mol. The number of carbonyl (C=O) groups excluding carboxylic acids is 1. The Morgan fingerprint density at radius 3 is 2.93 bits per heavy atom. The van der Waals surface area contributed by atoms with Gasteiger partial charge in [-0.25, -0.2) is 0 Å². The first-order valence-corrected chi connectivity index (χ1v) is 4.55. The second-order valence-corrected chi connectivity index (χ2v) is 3.08. The summed E-state index contributed by atoms with van der Waals surface area (Å²) >= 11 is 0. The number of nitrogens with one attached hydrogen (secondary N) is 1. The van der Waals surface area contributed by atoms with Crippen molar-refractivity contribution in [2.75, 3.05) is 20.7 Å². The Hall–Kier alpha value is -1.35. The van der Waals surface area contributed by atoms with Gasteiger partial charge in [-0.3, -0.25) is 0 Å². The summed E-state index contributed by atoms with van der Waals surface area (Å²) < 4.78 is 5.09. The second kappa shape index (κ2) is 5.40. The lowest BCUT2D eigenvalue weighted by Gasteiger charge is -2.10. The molecule has 1 rings (SSSR count). The van der Waals surface area contributed by atoms with Crippen molar-refractivity contribution in [3.8, 4) is 5.75 Å². The Morgan fingerprint density at radius 1 is 1.57 bits per heavy atom. The van der Waals surface area contributed by atoms with Crippen LogP contribution in [0, 0.1) is 0 Å². The fourth-order valence-electron chi connectivity index (χ4n) is 1.34. The molecule has 1 unspecified atom stereocenters. The van der Waals surface area contributed by atoms with Gasteiger partial charge in [0.25, 0.3) is 0 Å². The number of carbonyl (C=O) groups is 1. The van der Waals surface area contributed by atoms with E-state index in [2.05, 4.69) is 5.32 Å². The molecule has 1 N–H and O–H groups in total. The number of hydrogen-bond donors (Lipinski definition) is 1. The number of hydrogen-bond acceptors (Lipinski definition) is 3. The van der Waals surface area contributed by atoms with E-state index in [1.807, 2.05) is 31.3 Å². The third-order valence-electron chi connectivity index (χ3n) is 2.11. The maximum absolute atomic E-state index is 10.8. The Balaban J connectivity index is 2.86. The van der Waals surface area contributed by atoms with Crippen molar-refractivity contribution in [1.82, 2.24) is 5.32 Å². The maximum atomic E-state index is 10.8. The largest absolute Gasteiger partial charge is 0.497 e. The fraction of sp³-hybridized carbons (Fsp3) is 0.364. The van der Waals surface area contributed by atoms with Gasteiger partial charge in [-0.1, -0.05) is 12.1 Å². The van der Waals surface area contributed by atoms with Crippen LogP contribution in [0.3, 0.4) is 0 Å². The summed E-state index contributed by atoms with van der Waals surface area (Å²) in [5.41, 5.74) is 0.980. The van der Waals surface area contributed by atoms with Gasteiger partial charge in [0, 0.05) is 6.54 Å². The number of ether oxygens (including phenoxy) is 1. The zero-order valence-corrected chi connectivity index (χ0v) is 8.49. The van der Waals surface area contributed by atoms with Crippen LogP contribution in [-0.2, 0) is 4.79 Å². The number of likely N-dealkylation sites (N-methyl/N-ethyl adjacent to an activating group) is 1. The van der Waals surface area contributed by atoms with Crippen molar-refractivity contribution in [2.45, 2.75) is 5.92 Å². The van der Waals surface area contributed by atoms with Crippen LogP contribution in [0.5, 0.6) is 5.75 Å². The van der Waals surface area contributed by atoms with Crippen LogP contribution in [0.4, 0.5) is 0 Å². The van der Waals surface area contributed by atoms with E-state index in [1.165, 1.54) is 0 Å². The smallest absolute Gasteiger partial charge is 0.128 e. The van der Waals surface area contributed by atoms with Gasteiger partial charge in [-0.2, -0.15) is 0 Å². The third-order valence-corrected chi connectivity index (χ3v) is 2.11. The monoisotopic (exact) mass is 193 g/mol. The fourth-order valence-corrected chi connectivity index (χ4v) is 1.34. The van der Waals surface area contributed by atoms with Gasteiger partial charge in [0.1, 0.15) is 12.0 Å². The van der Waals surface area contributed by atoms with Crippen molar-refractivity contribution in [3.05, 3.63) is 29.8 Å². The number of aldehydes is 1. The summed E-state index contributed by atoms with van der Waals surface area (Å²) in [6, 6.07) is 7.57. The van der Waals surface area contributed by atoms with Gasteiger partial charge >= 0.3 is 0 Å². The minimum atomic E-state index is -0.102. The minimum Gasteiger partial charge on any atom is -0.497 e. The van der Waals surface area contributed by atoms with Crippen LogP contribution in [0.2, 0.25) is 0 Å². The highest BCUT2D eigenvalue weighted by Gasteiger charge is 2.09. The molecule has 0 heterocycles. The number of methoxy groups -OCH3 is 1. The van der Waals surface area contributed by atoms with Crippen LogP contribution in [0.1, 0.15) is 11.5 Å². The molecule has 0 aliphatic rings. The Morgan fingerprint density at radius 2 is 2.36 bits per heavy atom. The van der Waals surface area contributed by atoms with Gasteiger partial charge in [-0.15, -0.1) is 0 Å². The van der Waals surface area contributed by atoms with Crippen LogP contribution in [-0.4, -0.2) is 27.0 Å². The van der Waals surface area contributed by atoms with E-state index in [1.54, 1.807) is 7.11 Å². The average Bonchev–Trinajstić information content (AvgIpc) is 2.26. The summed E-state index contributed by atoms with van der Waals surface area (Å²) in [7, 11) is 3.45. The zero-order chi connectivity index (χ0) is 10.4. The van der Waals surface area contributed by atoms with Crippen molar-refractivity contribution < 1.29 is 9.53 Å². The van der Waals surface area contributed by atoms with E-state index in [9.17, 15) is 4.79 Å². The minimum absolute atomic E-state index is 0.102. The highest BCUT2D eigenvalue weighted by Crippen LogP contribution is 2.18. The van der Waals surface area contributed by atoms with Crippen LogP contribution in [0.25, 0.3) is 0 Å². The summed E-state index contributed by atoms with van der Waals surface area (Å²) in [5, 5.41) is 2.98. The molecule has 3 heteroatoms. The van der Waals surface area contributed by atoms with E-state index >= 15 is 0 Å². The molecule has 0 saturated carbocycles. The lowest BCUT2D eigenvalue weighted by Crippen LogP contribution is -2.18. The molecule has 3 nitrogen and oxygen atoms in total. The van der Waals surface area contributed by atoms with E-state index < -0.39 is 0 Å². The molecule has 0 aliphatic carbocycles. The van der Waals surface area contributed by atoms with Crippen molar-refractivity contribution >= 4 is 6.29 Å². The maximum Gasteiger partial charge on any atom is 0.128 e. The van der Waals surface area contributed by atoms with Crippen molar-refractivity contribution in [3.63, 3.8) is 0 Å². The van der Waals surface area contributed by atoms with Gasteiger partial charge < -0.3 is 14.8 Å². The van der Waals surface area contributed by atoms with Crippen LogP contribution >= 0.6 is 0 Å². The first kappa shape index (κ1) is 10.7. The highest BCUT2D eigenvalue weighted by atomic mass is 16.5. The lowest BCUT2D eigenvalue weighted by molar-refractivity contribution is -0.109. The molecular formula is C11H15NO2. The molecule has 0 fully saturated rings. The highest BCUT2D eigenvalue weighted by molar-refractivity contribution is 5.63. The van der Waals surface area contributed by atoms with Gasteiger partial charge in [0.2, 0.25) is 0 Å². The molecule has 0 aliphatic heterocycles. The lowest BCUT2D eigenvalue weighted by atomic mass is 10.0. The molecule has 0 amide bonds. The van der Waals surface area contributed by atoms with Gasteiger partial charge in [-0.05, 0) is 24.7 Å². The molecule has 0 spiro atoms. The van der Waals surface area contributed by atoms with E-state index in [-0.39, 0.29) is 5.92 Å². The molecule has 1 aromatic rings. The van der Waals surface area contributed by atoms with Crippen LogP contribution < -0.4 is 10.1 Å². The molecule has 0 aromatic heterocycles. The molecule has 76 valence electrons. The molecular weight excluding hydrogens is 178 g/mol. The summed E-state index contributed by atoms with van der Waals surface area (Å²) in [6.45, 7) is 0.649. The number of rotatable bonds is 5. The van der Waals surface area contributed by atoms with E-state index in [4.69, 9.17) is 4.74 Å². The zero-order valence-electron chi connectivity index (χ0n) is 8.49. The first-order valence-electron chi connectivity index (χ1n) is 4.55. The molecule has 0 saturated heterocycles. The van der Waals surface area contributed by atoms with Gasteiger partial charge in [0.05, 0.1) is 13.0 Å². The second-order valence-electron chi connectivity index (χ2n) is 3.08. The summed E-state index contributed by atoms with van der Waals surface area (Å²) in [6.07, 6.45) is 0.950. The van der Waals surface area contributed by atoms with E-state index in [0.29, 0.717) is 6.54 Å². The van der Waals surface area contributed by atoms with Gasteiger partial charge in [0.15, 0.2) is 0 Å². The molecule has 14 heavy (non-hydrogen) atoms. The van der Waals surface area contributed by atoms with Crippen molar-refractivity contribution in [2.24, 2.45) is 0 Å².